The fraction of sp³-hybridized carbons (Fsp3) is 0.429. The van der Waals surface area contributed by atoms with E-state index in [-0.39, 0.29) is 18.0 Å². The zero-order valence-corrected chi connectivity index (χ0v) is 15.1. The molecule has 1 aliphatic heterocycles. The van der Waals surface area contributed by atoms with Gasteiger partial charge in [-0.25, -0.2) is 4.39 Å². The molecule has 0 saturated carbocycles. The number of hydrogen-bond acceptors (Lipinski definition) is 3. The number of rotatable bonds is 6. The molecule has 26 heavy (non-hydrogen) atoms. The minimum atomic E-state index is -0.945. The van der Waals surface area contributed by atoms with Crippen molar-refractivity contribution in [3.8, 4) is 5.75 Å². The van der Waals surface area contributed by atoms with Crippen molar-refractivity contribution in [2.24, 2.45) is 0 Å². The van der Waals surface area contributed by atoms with Crippen LogP contribution in [0, 0.1) is 11.6 Å². The SMILES string of the molecule is CCc1ccc(COC2CCC(c3ccc(OC)c(F)c3F)CO2)cc1. The van der Waals surface area contributed by atoms with Gasteiger partial charge in [0.05, 0.1) is 20.3 Å². The van der Waals surface area contributed by atoms with Crippen LogP contribution in [0.15, 0.2) is 36.4 Å². The van der Waals surface area contributed by atoms with Crippen LogP contribution in [0.25, 0.3) is 0 Å². The monoisotopic (exact) mass is 362 g/mol. The summed E-state index contributed by atoms with van der Waals surface area (Å²) in [5, 5.41) is 0. The van der Waals surface area contributed by atoms with Crippen molar-refractivity contribution in [2.45, 2.75) is 45.0 Å². The highest BCUT2D eigenvalue weighted by Gasteiger charge is 2.27. The number of hydrogen-bond donors (Lipinski definition) is 0. The van der Waals surface area contributed by atoms with Gasteiger partial charge in [-0.1, -0.05) is 37.3 Å². The number of halogens is 2. The molecule has 0 aliphatic carbocycles. The van der Waals surface area contributed by atoms with E-state index in [9.17, 15) is 8.78 Å². The number of methoxy groups -OCH3 is 1. The Morgan fingerprint density at radius 1 is 1.00 bits per heavy atom. The molecule has 0 spiro atoms. The van der Waals surface area contributed by atoms with E-state index in [2.05, 4.69) is 31.2 Å². The Balaban J connectivity index is 1.53. The highest BCUT2D eigenvalue weighted by Crippen LogP contribution is 2.33. The van der Waals surface area contributed by atoms with Crippen molar-refractivity contribution >= 4 is 0 Å². The summed E-state index contributed by atoms with van der Waals surface area (Å²) in [6.07, 6.45) is 2.02. The zero-order valence-electron chi connectivity index (χ0n) is 15.1. The van der Waals surface area contributed by atoms with Gasteiger partial charge in [0.1, 0.15) is 0 Å². The van der Waals surface area contributed by atoms with Crippen LogP contribution in [0.3, 0.4) is 0 Å². The summed E-state index contributed by atoms with van der Waals surface area (Å²) in [4.78, 5) is 0. The van der Waals surface area contributed by atoms with Gasteiger partial charge in [0.2, 0.25) is 5.82 Å². The molecule has 140 valence electrons. The Labute approximate surface area is 152 Å². The molecule has 3 rings (SSSR count). The first-order valence-corrected chi connectivity index (χ1v) is 8.95. The summed E-state index contributed by atoms with van der Waals surface area (Å²) in [7, 11) is 1.32. The van der Waals surface area contributed by atoms with E-state index in [1.54, 1.807) is 6.07 Å². The molecule has 5 heteroatoms. The zero-order chi connectivity index (χ0) is 18.5. The van der Waals surface area contributed by atoms with Gasteiger partial charge in [-0.2, -0.15) is 4.39 Å². The van der Waals surface area contributed by atoms with Gasteiger partial charge >= 0.3 is 0 Å². The lowest BCUT2D eigenvalue weighted by Gasteiger charge is -2.29. The largest absolute Gasteiger partial charge is 0.494 e. The first-order valence-electron chi connectivity index (χ1n) is 8.95. The summed E-state index contributed by atoms with van der Waals surface area (Å²) in [5.41, 5.74) is 2.72. The van der Waals surface area contributed by atoms with E-state index in [1.165, 1.54) is 18.7 Å². The van der Waals surface area contributed by atoms with Crippen molar-refractivity contribution < 1.29 is 23.0 Å². The van der Waals surface area contributed by atoms with Gasteiger partial charge in [-0.15, -0.1) is 0 Å². The van der Waals surface area contributed by atoms with Crippen molar-refractivity contribution in [1.82, 2.24) is 0 Å². The van der Waals surface area contributed by atoms with E-state index < -0.39 is 11.6 Å². The van der Waals surface area contributed by atoms with E-state index in [1.807, 2.05) is 0 Å². The van der Waals surface area contributed by atoms with Crippen LogP contribution in [-0.2, 0) is 22.5 Å². The third kappa shape index (κ3) is 4.22. The van der Waals surface area contributed by atoms with Crippen molar-refractivity contribution in [3.05, 3.63) is 64.7 Å². The fourth-order valence-corrected chi connectivity index (χ4v) is 3.18. The van der Waals surface area contributed by atoms with Crippen molar-refractivity contribution in [1.29, 1.82) is 0 Å². The second-order valence-electron chi connectivity index (χ2n) is 6.50. The summed E-state index contributed by atoms with van der Waals surface area (Å²) >= 11 is 0. The number of benzene rings is 2. The topological polar surface area (TPSA) is 27.7 Å². The second-order valence-corrected chi connectivity index (χ2v) is 6.50. The molecule has 0 radical (unpaired) electrons. The quantitative estimate of drug-likeness (QED) is 0.726. The van der Waals surface area contributed by atoms with E-state index in [0.717, 1.165) is 12.0 Å². The Kier molecular flexibility index (Phi) is 6.22. The van der Waals surface area contributed by atoms with Gasteiger partial charge < -0.3 is 14.2 Å². The predicted octanol–water partition coefficient (Wildman–Crippen LogP) is 4.97. The van der Waals surface area contributed by atoms with Crippen LogP contribution < -0.4 is 4.74 Å². The minimum absolute atomic E-state index is 0.0849. The molecular weight excluding hydrogens is 338 g/mol. The molecule has 2 aromatic carbocycles. The first-order chi connectivity index (χ1) is 12.6. The lowest BCUT2D eigenvalue weighted by Crippen LogP contribution is -2.27. The van der Waals surface area contributed by atoms with Gasteiger partial charge in [-0.3, -0.25) is 0 Å². The van der Waals surface area contributed by atoms with Gasteiger partial charge in [0.25, 0.3) is 0 Å². The maximum Gasteiger partial charge on any atom is 0.200 e. The Morgan fingerprint density at radius 2 is 1.73 bits per heavy atom. The summed E-state index contributed by atoms with van der Waals surface area (Å²) in [6.45, 7) is 2.91. The van der Waals surface area contributed by atoms with Crippen LogP contribution in [0.1, 0.15) is 42.4 Å². The molecule has 0 N–H and O–H groups in total. The smallest absolute Gasteiger partial charge is 0.200 e. The van der Waals surface area contributed by atoms with Crippen molar-refractivity contribution in [2.75, 3.05) is 13.7 Å². The average Bonchev–Trinajstić information content (AvgIpc) is 2.69. The summed E-state index contributed by atoms with van der Waals surface area (Å²) in [5.74, 6) is -2.07. The third-order valence-electron chi connectivity index (χ3n) is 4.84. The summed E-state index contributed by atoms with van der Waals surface area (Å²) < 4.78 is 44.4. The normalized spacial score (nSPS) is 20.2. The number of ether oxygens (including phenoxy) is 3. The number of aryl methyl sites for hydroxylation is 1. The lowest BCUT2D eigenvalue weighted by atomic mass is 9.92. The van der Waals surface area contributed by atoms with Gasteiger partial charge in [-0.05, 0) is 42.0 Å². The van der Waals surface area contributed by atoms with Crippen molar-refractivity contribution in [3.63, 3.8) is 0 Å². The molecule has 2 atom stereocenters. The van der Waals surface area contributed by atoms with Crippen LogP contribution in [0.5, 0.6) is 5.75 Å². The van der Waals surface area contributed by atoms with E-state index in [0.29, 0.717) is 31.6 Å². The van der Waals surface area contributed by atoms with Crippen LogP contribution in [0.4, 0.5) is 8.78 Å². The molecule has 2 unspecified atom stereocenters. The molecule has 0 amide bonds. The predicted molar refractivity (Wildman–Crippen MR) is 95.2 cm³/mol. The Morgan fingerprint density at radius 3 is 2.35 bits per heavy atom. The van der Waals surface area contributed by atoms with Crippen LogP contribution in [0.2, 0.25) is 0 Å². The molecule has 1 aliphatic rings. The molecule has 1 fully saturated rings. The molecule has 1 heterocycles. The Hall–Kier alpha value is -1.98. The molecular formula is C21H24F2O3. The van der Waals surface area contributed by atoms with Gasteiger partial charge in [0, 0.05) is 5.92 Å². The molecule has 3 nitrogen and oxygen atoms in total. The fourth-order valence-electron chi connectivity index (χ4n) is 3.18. The highest BCUT2D eigenvalue weighted by molar-refractivity contribution is 5.33. The molecule has 2 aromatic rings. The summed E-state index contributed by atoms with van der Waals surface area (Å²) in [6, 6.07) is 11.3. The lowest BCUT2D eigenvalue weighted by molar-refractivity contribution is -0.173. The highest BCUT2D eigenvalue weighted by atomic mass is 19.2. The van der Waals surface area contributed by atoms with Crippen LogP contribution >= 0.6 is 0 Å². The van der Waals surface area contributed by atoms with E-state index in [4.69, 9.17) is 14.2 Å². The first kappa shape index (κ1) is 18.8. The standard InChI is InChI=1S/C21H24F2O3/c1-3-14-4-6-15(7-5-14)12-25-19-11-8-16(13-26-19)17-9-10-18(24-2)21(23)20(17)22/h4-7,9-10,16,19H,3,8,11-13H2,1-2H3. The minimum Gasteiger partial charge on any atom is -0.494 e. The van der Waals surface area contributed by atoms with E-state index >= 15 is 0 Å². The molecule has 0 bridgehead atoms. The third-order valence-corrected chi connectivity index (χ3v) is 4.84. The van der Waals surface area contributed by atoms with Gasteiger partial charge in [0.15, 0.2) is 17.9 Å². The average molecular weight is 362 g/mol. The maximum atomic E-state index is 14.2. The second kappa shape index (κ2) is 8.60. The molecule has 1 saturated heterocycles. The maximum absolute atomic E-state index is 14.2. The Bertz CT molecular complexity index is 723. The van der Waals surface area contributed by atoms with Crippen LogP contribution in [-0.4, -0.2) is 20.0 Å². The molecule has 0 aromatic heterocycles.